The van der Waals surface area contributed by atoms with Crippen molar-refractivity contribution in [3.05, 3.63) is 58.1 Å². The van der Waals surface area contributed by atoms with Crippen LogP contribution < -0.4 is 14.4 Å². The second-order valence-corrected chi connectivity index (χ2v) is 10.3. The summed E-state index contributed by atoms with van der Waals surface area (Å²) in [4.78, 5) is 26.9. The van der Waals surface area contributed by atoms with E-state index in [-0.39, 0.29) is 37.7 Å². The van der Waals surface area contributed by atoms with Crippen molar-refractivity contribution in [2.45, 2.75) is 32.4 Å². The molecule has 0 aliphatic rings. The van der Waals surface area contributed by atoms with Gasteiger partial charge in [-0.15, -0.1) is 0 Å². The third-order valence-electron chi connectivity index (χ3n) is 5.31. The van der Waals surface area contributed by atoms with Crippen LogP contribution in [0.25, 0.3) is 0 Å². The molecule has 34 heavy (non-hydrogen) atoms. The van der Waals surface area contributed by atoms with Crippen LogP contribution in [0.15, 0.2) is 42.5 Å². The number of ether oxygens (including phenoxy) is 1. The summed E-state index contributed by atoms with van der Waals surface area (Å²) in [6.45, 7) is 1.70. The molecule has 0 unspecified atom stereocenters. The Bertz CT molecular complexity index is 1110. The van der Waals surface area contributed by atoms with Gasteiger partial charge in [0.05, 0.1) is 19.1 Å². The lowest BCUT2D eigenvalue weighted by Gasteiger charge is -2.29. The lowest BCUT2D eigenvalue weighted by atomic mass is 10.1. The van der Waals surface area contributed by atoms with Gasteiger partial charge in [0, 0.05) is 42.2 Å². The highest BCUT2D eigenvalue weighted by Gasteiger charge is 2.27. The van der Waals surface area contributed by atoms with E-state index in [1.165, 1.54) is 23.4 Å². The van der Waals surface area contributed by atoms with E-state index in [9.17, 15) is 18.0 Å². The average molecular weight is 530 g/mol. The van der Waals surface area contributed by atoms with Gasteiger partial charge in [0.25, 0.3) is 0 Å². The van der Waals surface area contributed by atoms with Crippen LogP contribution in [-0.2, 0) is 26.2 Å². The molecule has 0 aliphatic heterocycles. The number of carbonyl (C=O) groups excluding carboxylic acids is 2. The summed E-state index contributed by atoms with van der Waals surface area (Å²) in [6, 6.07) is 11.0. The summed E-state index contributed by atoms with van der Waals surface area (Å²) in [5, 5.41) is 3.31. The summed E-state index contributed by atoms with van der Waals surface area (Å²) in [5.41, 5.74) is 0.917. The lowest BCUT2D eigenvalue weighted by molar-refractivity contribution is -0.140. The number of anilines is 1. The number of nitrogens with one attached hydrogen (secondary N) is 1. The van der Waals surface area contributed by atoms with E-state index in [1.54, 1.807) is 49.4 Å². The van der Waals surface area contributed by atoms with Gasteiger partial charge in [-0.1, -0.05) is 41.4 Å². The van der Waals surface area contributed by atoms with Crippen molar-refractivity contribution < 1.29 is 22.7 Å². The number of likely N-dealkylation sites (N-methyl/N-ethyl adjacent to an activating group) is 1. The van der Waals surface area contributed by atoms with Gasteiger partial charge < -0.3 is 15.0 Å². The van der Waals surface area contributed by atoms with Gasteiger partial charge in [-0.2, -0.15) is 0 Å². The zero-order valence-electron chi connectivity index (χ0n) is 19.5. The maximum atomic E-state index is 13.2. The van der Waals surface area contributed by atoms with Crippen molar-refractivity contribution in [1.29, 1.82) is 0 Å². The van der Waals surface area contributed by atoms with Crippen LogP contribution in [0.5, 0.6) is 5.75 Å². The molecule has 0 bridgehead atoms. The molecule has 0 aliphatic carbocycles. The third-order valence-corrected chi connectivity index (χ3v) is 7.20. The molecular weight excluding hydrogens is 501 g/mol. The Hall–Kier alpha value is -2.49. The van der Waals surface area contributed by atoms with Gasteiger partial charge in [0.2, 0.25) is 21.8 Å². The zero-order chi connectivity index (χ0) is 25.5. The minimum atomic E-state index is -3.63. The molecule has 0 saturated carbocycles. The first kappa shape index (κ1) is 27.8. The van der Waals surface area contributed by atoms with Crippen LogP contribution in [0.2, 0.25) is 10.0 Å². The third kappa shape index (κ3) is 7.01. The number of hydrogen-bond acceptors (Lipinski definition) is 5. The molecule has 186 valence electrons. The number of methoxy groups -OCH3 is 1. The highest BCUT2D eigenvalue weighted by atomic mass is 35.5. The van der Waals surface area contributed by atoms with Crippen LogP contribution >= 0.6 is 23.2 Å². The van der Waals surface area contributed by atoms with Gasteiger partial charge >= 0.3 is 0 Å². The number of benzene rings is 2. The second-order valence-electron chi connectivity index (χ2n) is 7.62. The molecule has 1 N–H and O–H groups in total. The summed E-state index contributed by atoms with van der Waals surface area (Å²) in [7, 11) is -0.687. The quantitative estimate of drug-likeness (QED) is 0.478. The predicted octanol–water partition coefficient (Wildman–Crippen LogP) is 3.71. The van der Waals surface area contributed by atoms with E-state index in [0.717, 1.165) is 6.26 Å². The van der Waals surface area contributed by atoms with E-state index in [0.29, 0.717) is 27.0 Å². The molecule has 0 heterocycles. The normalized spacial score (nSPS) is 12.1. The number of sulfonamides is 1. The molecule has 1 atom stereocenters. The van der Waals surface area contributed by atoms with Gasteiger partial charge in [0.15, 0.2) is 0 Å². The first-order valence-corrected chi connectivity index (χ1v) is 13.2. The predicted molar refractivity (Wildman–Crippen MR) is 135 cm³/mol. The van der Waals surface area contributed by atoms with Crippen LogP contribution in [0.3, 0.4) is 0 Å². The molecule has 2 aromatic rings. The summed E-state index contributed by atoms with van der Waals surface area (Å²) >= 11 is 12.6. The molecule has 0 spiro atoms. The maximum Gasteiger partial charge on any atom is 0.242 e. The molecule has 2 rings (SSSR count). The highest BCUT2D eigenvalue weighted by Crippen LogP contribution is 2.30. The number of carbonyl (C=O) groups is 2. The summed E-state index contributed by atoms with van der Waals surface area (Å²) in [6.07, 6.45) is 1.32. The fraction of sp³-hybridized carbons (Fsp3) is 0.391. The molecule has 2 aromatic carbocycles. The standard InChI is InChI=1S/C23H29Cl2N3O5S/c1-16(23(30)26-2)27(15-17-18(24)9-7-10-19(17)25)22(29)13-8-14-28(34(4,31)32)20-11-5-6-12-21(20)33-3/h5-7,9-12,16H,8,13-15H2,1-4H3,(H,26,30)/t16-/m0/s1. The minimum Gasteiger partial charge on any atom is -0.495 e. The van der Waals surface area contributed by atoms with E-state index < -0.39 is 16.1 Å². The van der Waals surface area contributed by atoms with Crippen molar-refractivity contribution in [3.8, 4) is 5.75 Å². The summed E-state index contributed by atoms with van der Waals surface area (Å²) < 4.78 is 31.4. The van der Waals surface area contributed by atoms with Crippen LogP contribution in [0.4, 0.5) is 5.69 Å². The van der Waals surface area contributed by atoms with Crippen molar-refractivity contribution in [2.24, 2.45) is 0 Å². The fourth-order valence-corrected chi connectivity index (χ4v) is 4.95. The molecule has 0 radical (unpaired) electrons. The van der Waals surface area contributed by atoms with Gasteiger partial charge in [-0.05, 0) is 37.6 Å². The smallest absolute Gasteiger partial charge is 0.242 e. The Labute approximate surface area is 210 Å². The van der Waals surface area contributed by atoms with Gasteiger partial charge in [0.1, 0.15) is 11.8 Å². The topological polar surface area (TPSA) is 96.0 Å². The van der Waals surface area contributed by atoms with Crippen LogP contribution in [0.1, 0.15) is 25.3 Å². The van der Waals surface area contributed by atoms with E-state index in [4.69, 9.17) is 27.9 Å². The second kappa shape index (κ2) is 12.3. The average Bonchev–Trinajstić information content (AvgIpc) is 2.79. The Morgan fingerprint density at radius 3 is 2.26 bits per heavy atom. The van der Waals surface area contributed by atoms with Crippen LogP contribution in [0, 0.1) is 0 Å². The molecular formula is C23H29Cl2N3O5S. The molecule has 0 aromatic heterocycles. The van der Waals surface area contributed by atoms with Gasteiger partial charge in [-0.3, -0.25) is 13.9 Å². The van der Waals surface area contributed by atoms with Gasteiger partial charge in [-0.25, -0.2) is 8.42 Å². The molecule has 8 nitrogen and oxygen atoms in total. The van der Waals surface area contributed by atoms with E-state index in [2.05, 4.69) is 5.32 Å². The monoisotopic (exact) mass is 529 g/mol. The van der Waals surface area contributed by atoms with E-state index >= 15 is 0 Å². The van der Waals surface area contributed by atoms with Crippen molar-refractivity contribution in [2.75, 3.05) is 31.3 Å². The van der Waals surface area contributed by atoms with Crippen molar-refractivity contribution in [3.63, 3.8) is 0 Å². The Balaban J connectivity index is 2.23. The summed E-state index contributed by atoms with van der Waals surface area (Å²) in [5.74, 6) is -0.272. The lowest BCUT2D eigenvalue weighted by Crippen LogP contribution is -2.47. The molecule has 0 fully saturated rings. The Kier molecular flexibility index (Phi) is 10.0. The van der Waals surface area contributed by atoms with Crippen LogP contribution in [-0.4, -0.2) is 58.1 Å². The number of para-hydroxylation sites is 2. The number of amides is 2. The fourth-order valence-electron chi connectivity index (χ4n) is 3.46. The Morgan fingerprint density at radius 1 is 1.09 bits per heavy atom. The number of halogens is 2. The number of rotatable bonds is 11. The van der Waals surface area contributed by atoms with Crippen molar-refractivity contribution >= 4 is 50.7 Å². The molecule has 11 heteroatoms. The number of nitrogens with zero attached hydrogens (tertiary/aromatic N) is 2. The molecule has 2 amide bonds. The number of hydrogen-bond donors (Lipinski definition) is 1. The minimum absolute atomic E-state index is 0.00454. The highest BCUT2D eigenvalue weighted by molar-refractivity contribution is 7.92. The Morgan fingerprint density at radius 2 is 1.71 bits per heavy atom. The zero-order valence-corrected chi connectivity index (χ0v) is 21.9. The first-order valence-electron chi connectivity index (χ1n) is 10.6. The first-order chi connectivity index (χ1) is 16.0. The molecule has 0 saturated heterocycles. The largest absolute Gasteiger partial charge is 0.495 e. The SMILES string of the molecule is CNC(=O)[C@H](C)N(Cc1c(Cl)cccc1Cl)C(=O)CCCN(c1ccccc1OC)S(C)(=O)=O. The van der Waals surface area contributed by atoms with Crippen molar-refractivity contribution in [1.82, 2.24) is 10.2 Å². The maximum absolute atomic E-state index is 13.2. The van der Waals surface area contributed by atoms with E-state index in [1.807, 2.05) is 0 Å².